The maximum atomic E-state index is 13.0. The normalized spacial score (nSPS) is 11.4. The van der Waals surface area contributed by atoms with E-state index in [4.69, 9.17) is 0 Å². The van der Waals surface area contributed by atoms with Gasteiger partial charge in [0.05, 0.1) is 17.4 Å². The van der Waals surface area contributed by atoms with Gasteiger partial charge in [-0.25, -0.2) is 9.67 Å². The SMILES string of the molecule is C=CCN(CC=C)C(=O)Cn1cnc2c(cnn2-c2cccc(C(F)(F)F)c2)c1=O. The number of benzene rings is 1. The van der Waals surface area contributed by atoms with Crippen LogP contribution in [0.15, 0.2) is 66.9 Å². The largest absolute Gasteiger partial charge is 0.416 e. The van der Waals surface area contributed by atoms with E-state index in [-0.39, 0.29) is 29.2 Å². The lowest BCUT2D eigenvalue weighted by Gasteiger charge is -2.19. The molecule has 0 unspecified atom stereocenters. The van der Waals surface area contributed by atoms with Crippen LogP contribution >= 0.6 is 0 Å². The second kappa shape index (κ2) is 8.36. The molecule has 0 aliphatic rings. The van der Waals surface area contributed by atoms with Gasteiger partial charge in [0.2, 0.25) is 5.91 Å². The molecular formula is C20H18F3N5O2. The van der Waals surface area contributed by atoms with E-state index in [2.05, 4.69) is 23.2 Å². The van der Waals surface area contributed by atoms with Crippen LogP contribution < -0.4 is 5.56 Å². The van der Waals surface area contributed by atoms with E-state index in [1.54, 1.807) is 12.2 Å². The van der Waals surface area contributed by atoms with Gasteiger partial charge in [-0.1, -0.05) is 18.2 Å². The first kappa shape index (κ1) is 21.0. The molecular weight excluding hydrogens is 399 g/mol. The Balaban J connectivity index is 1.96. The van der Waals surface area contributed by atoms with E-state index in [0.29, 0.717) is 13.1 Å². The second-order valence-corrected chi connectivity index (χ2v) is 6.40. The average molecular weight is 417 g/mol. The van der Waals surface area contributed by atoms with Crippen LogP contribution in [0.1, 0.15) is 5.56 Å². The summed E-state index contributed by atoms with van der Waals surface area (Å²) in [7, 11) is 0. The molecule has 10 heteroatoms. The minimum Gasteiger partial charge on any atom is -0.334 e. The van der Waals surface area contributed by atoms with E-state index in [9.17, 15) is 22.8 Å². The highest BCUT2D eigenvalue weighted by atomic mass is 19.4. The van der Waals surface area contributed by atoms with Crippen LogP contribution in [-0.2, 0) is 17.5 Å². The molecule has 1 aromatic carbocycles. The highest BCUT2D eigenvalue weighted by Gasteiger charge is 2.30. The molecule has 3 rings (SSSR count). The summed E-state index contributed by atoms with van der Waals surface area (Å²) < 4.78 is 41.2. The molecule has 0 aliphatic heterocycles. The number of aromatic nitrogens is 4. The van der Waals surface area contributed by atoms with E-state index < -0.39 is 17.3 Å². The van der Waals surface area contributed by atoms with Gasteiger partial charge in [-0.05, 0) is 18.2 Å². The Hall–Kier alpha value is -3.69. The van der Waals surface area contributed by atoms with Crippen molar-refractivity contribution >= 4 is 16.9 Å². The summed E-state index contributed by atoms with van der Waals surface area (Å²) in [6.07, 6.45) is 1.00. The smallest absolute Gasteiger partial charge is 0.334 e. The molecule has 1 amide bonds. The average Bonchev–Trinajstić information content (AvgIpc) is 3.14. The zero-order chi connectivity index (χ0) is 21.9. The number of rotatable bonds is 7. The van der Waals surface area contributed by atoms with Crippen molar-refractivity contribution in [2.45, 2.75) is 12.7 Å². The molecule has 0 aliphatic carbocycles. The number of nitrogens with zero attached hydrogens (tertiary/aromatic N) is 5. The minimum absolute atomic E-state index is 0.0849. The van der Waals surface area contributed by atoms with Crippen molar-refractivity contribution in [2.24, 2.45) is 0 Å². The molecule has 7 nitrogen and oxygen atoms in total. The highest BCUT2D eigenvalue weighted by Crippen LogP contribution is 2.30. The first-order chi connectivity index (χ1) is 14.3. The number of halogens is 3. The van der Waals surface area contributed by atoms with Gasteiger partial charge in [-0.3, -0.25) is 14.2 Å². The number of fused-ring (bicyclic) bond motifs is 1. The maximum Gasteiger partial charge on any atom is 0.416 e. The topological polar surface area (TPSA) is 73.0 Å². The Labute approximate surface area is 169 Å². The zero-order valence-electron chi connectivity index (χ0n) is 15.8. The molecule has 0 spiro atoms. The quantitative estimate of drug-likeness (QED) is 0.554. The first-order valence-electron chi connectivity index (χ1n) is 8.86. The van der Waals surface area contributed by atoms with E-state index in [1.165, 1.54) is 29.6 Å². The summed E-state index contributed by atoms with van der Waals surface area (Å²) in [4.78, 5) is 30.8. The molecule has 30 heavy (non-hydrogen) atoms. The number of alkyl halides is 3. The third-order valence-corrected chi connectivity index (χ3v) is 4.33. The van der Waals surface area contributed by atoms with Gasteiger partial charge in [0.25, 0.3) is 5.56 Å². The van der Waals surface area contributed by atoms with Crippen molar-refractivity contribution in [2.75, 3.05) is 13.1 Å². The van der Waals surface area contributed by atoms with Gasteiger partial charge >= 0.3 is 6.18 Å². The molecule has 0 fully saturated rings. The zero-order valence-corrected chi connectivity index (χ0v) is 15.8. The van der Waals surface area contributed by atoms with Gasteiger partial charge < -0.3 is 4.90 Å². The van der Waals surface area contributed by atoms with Gasteiger partial charge in [0.15, 0.2) is 5.65 Å². The Morgan fingerprint density at radius 3 is 2.53 bits per heavy atom. The predicted octanol–water partition coefficient (Wildman–Crippen LogP) is 2.80. The van der Waals surface area contributed by atoms with E-state index in [1.807, 2.05) is 0 Å². The van der Waals surface area contributed by atoms with Gasteiger partial charge in [-0.15, -0.1) is 13.2 Å². The molecule has 0 saturated carbocycles. The molecule has 0 N–H and O–H groups in total. The van der Waals surface area contributed by atoms with Gasteiger partial charge in [-0.2, -0.15) is 18.3 Å². The summed E-state index contributed by atoms with van der Waals surface area (Å²) in [5.41, 5.74) is -1.16. The van der Waals surface area contributed by atoms with E-state index in [0.717, 1.165) is 21.4 Å². The molecule has 156 valence electrons. The summed E-state index contributed by atoms with van der Waals surface area (Å²) in [6, 6.07) is 4.55. The molecule has 2 heterocycles. The molecule has 2 aromatic heterocycles. The number of hydrogen-bond acceptors (Lipinski definition) is 4. The van der Waals surface area contributed by atoms with Crippen molar-refractivity contribution in [1.29, 1.82) is 0 Å². The summed E-state index contributed by atoms with van der Waals surface area (Å²) in [6.45, 7) is 7.52. The Morgan fingerprint density at radius 2 is 1.90 bits per heavy atom. The standard InChI is InChI=1S/C20H18F3N5O2/c1-3-8-26(9-4-2)17(29)12-27-13-24-18-16(19(27)30)11-25-28(18)15-7-5-6-14(10-15)20(21,22)23/h3-7,10-11,13H,1-2,8-9,12H2. The Kier molecular flexibility index (Phi) is 5.86. The predicted molar refractivity (Wildman–Crippen MR) is 105 cm³/mol. The third kappa shape index (κ3) is 4.17. The Morgan fingerprint density at radius 1 is 1.20 bits per heavy atom. The molecule has 3 aromatic rings. The van der Waals surface area contributed by atoms with Crippen molar-refractivity contribution in [3.05, 3.63) is 78.0 Å². The number of carbonyl (C=O) groups is 1. The lowest BCUT2D eigenvalue weighted by Crippen LogP contribution is -2.36. The number of amides is 1. The second-order valence-electron chi connectivity index (χ2n) is 6.40. The minimum atomic E-state index is -4.51. The Bertz CT molecular complexity index is 1150. The summed E-state index contributed by atoms with van der Waals surface area (Å²) in [5.74, 6) is -0.330. The first-order valence-corrected chi connectivity index (χ1v) is 8.86. The van der Waals surface area contributed by atoms with Crippen molar-refractivity contribution in [3.8, 4) is 5.69 Å². The highest BCUT2D eigenvalue weighted by molar-refractivity contribution is 5.78. The summed E-state index contributed by atoms with van der Waals surface area (Å²) in [5, 5.41) is 4.10. The molecule has 0 atom stereocenters. The van der Waals surface area contributed by atoms with Crippen LogP contribution in [0.5, 0.6) is 0 Å². The maximum absolute atomic E-state index is 13.0. The fourth-order valence-corrected chi connectivity index (χ4v) is 2.90. The molecule has 0 radical (unpaired) electrons. The molecule has 0 bridgehead atoms. The van der Waals surface area contributed by atoms with Crippen LogP contribution in [0.3, 0.4) is 0 Å². The van der Waals surface area contributed by atoms with Crippen LogP contribution in [-0.4, -0.2) is 43.2 Å². The number of carbonyl (C=O) groups excluding carboxylic acids is 1. The van der Waals surface area contributed by atoms with Gasteiger partial charge in [0.1, 0.15) is 18.3 Å². The third-order valence-electron chi connectivity index (χ3n) is 4.33. The summed E-state index contributed by atoms with van der Waals surface area (Å²) >= 11 is 0. The fourth-order valence-electron chi connectivity index (χ4n) is 2.90. The van der Waals surface area contributed by atoms with Crippen LogP contribution in [0, 0.1) is 0 Å². The van der Waals surface area contributed by atoms with Crippen LogP contribution in [0.4, 0.5) is 13.2 Å². The fraction of sp³-hybridized carbons (Fsp3) is 0.200. The van der Waals surface area contributed by atoms with E-state index >= 15 is 0 Å². The van der Waals surface area contributed by atoms with Crippen LogP contribution in [0.2, 0.25) is 0 Å². The lowest BCUT2D eigenvalue weighted by molar-refractivity contribution is -0.137. The molecule has 0 saturated heterocycles. The van der Waals surface area contributed by atoms with Crippen molar-refractivity contribution < 1.29 is 18.0 Å². The lowest BCUT2D eigenvalue weighted by atomic mass is 10.2. The monoisotopic (exact) mass is 417 g/mol. The van der Waals surface area contributed by atoms with Gasteiger partial charge in [0, 0.05) is 13.1 Å². The van der Waals surface area contributed by atoms with Crippen molar-refractivity contribution in [3.63, 3.8) is 0 Å². The van der Waals surface area contributed by atoms with Crippen LogP contribution in [0.25, 0.3) is 16.7 Å². The van der Waals surface area contributed by atoms with Crippen molar-refractivity contribution in [1.82, 2.24) is 24.2 Å². The number of hydrogen-bond donors (Lipinski definition) is 0.